The highest BCUT2D eigenvalue weighted by Crippen LogP contribution is 2.41. The van der Waals surface area contributed by atoms with Gasteiger partial charge in [0.2, 0.25) is 0 Å². The minimum atomic E-state index is -2.00. The SMILES string of the molecule is C=CC[C@H](N[C@H](/C=C/c1ccccc1)C[C@H](O[Si](C)(C)C(C)(C)C)c1ccccc1)c1cccnc1. The molecule has 3 aromatic rings. The van der Waals surface area contributed by atoms with Gasteiger partial charge in [-0.05, 0) is 53.7 Å². The maximum absolute atomic E-state index is 7.05. The van der Waals surface area contributed by atoms with Gasteiger partial charge in [0.25, 0.3) is 0 Å². The lowest BCUT2D eigenvalue weighted by molar-refractivity contribution is 0.162. The lowest BCUT2D eigenvalue weighted by Gasteiger charge is -2.40. The zero-order valence-corrected chi connectivity index (χ0v) is 23.5. The summed E-state index contributed by atoms with van der Waals surface area (Å²) < 4.78 is 7.05. The van der Waals surface area contributed by atoms with Crippen molar-refractivity contribution in [1.29, 1.82) is 0 Å². The standard InChI is InChI=1S/C32H42N2OSi/c1-7-15-30(28-20-14-23-33-25-28)34-29(22-21-26-16-10-8-11-17-26)24-31(27-18-12-9-13-19-27)35-36(5,6)32(2,3)4/h7-14,16-23,25,29-31,34H,1,15,24H2,2-6H3/b22-21+/t29-,30+,31+/m1/s1. The van der Waals surface area contributed by atoms with E-state index in [-0.39, 0.29) is 23.2 Å². The van der Waals surface area contributed by atoms with Crippen LogP contribution in [0.3, 0.4) is 0 Å². The quantitative estimate of drug-likeness (QED) is 0.201. The topological polar surface area (TPSA) is 34.1 Å². The van der Waals surface area contributed by atoms with Crippen molar-refractivity contribution >= 4 is 14.4 Å². The fraction of sp³-hybridized carbons (Fsp3) is 0.344. The number of rotatable bonds is 12. The zero-order valence-electron chi connectivity index (χ0n) is 22.5. The summed E-state index contributed by atoms with van der Waals surface area (Å²) in [7, 11) is -2.00. The predicted molar refractivity (Wildman–Crippen MR) is 156 cm³/mol. The minimum Gasteiger partial charge on any atom is -0.410 e. The molecule has 190 valence electrons. The normalized spacial score (nSPS) is 14.9. The van der Waals surface area contributed by atoms with Gasteiger partial charge in [0.05, 0.1) is 6.10 Å². The number of aromatic nitrogens is 1. The molecule has 0 aliphatic rings. The summed E-state index contributed by atoms with van der Waals surface area (Å²) in [6.45, 7) is 15.6. The summed E-state index contributed by atoms with van der Waals surface area (Å²) in [4.78, 5) is 4.36. The number of benzene rings is 2. The Hall–Kier alpha value is -2.79. The first kappa shape index (κ1) is 27.8. The number of hydrogen-bond donors (Lipinski definition) is 1. The molecular formula is C32H42N2OSi. The molecule has 0 spiro atoms. The molecular weight excluding hydrogens is 456 g/mol. The average molecular weight is 499 g/mol. The Kier molecular flexibility index (Phi) is 10.00. The van der Waals surface area contributed by atoms with Gasteiger partial charge in [-0.2, -0.15) is 0 Å². The van der Waals surface area contributed by atoms with Gasteiger partial charge in [-0.3, -0.25) is 4.98 Å². The Bertz CT molecular complexity index is 1080. The summed E-state index contributed by atoms with van der Waals surface area (Å²) in [5, 5.41) is 4.03. The van der Waals surface area contributed by atoms with Crippen molar-refractivity contribution in [3.8, 4) is 0 Å². The lowest BCUT2D eigenvalue weighted by Crippen LogP contribution is -2.43. The molecule has 4 heteroatoms. The molecule has 36 heavy (non-hydrogen) atoms. The second kappa shape index (κ2) is 13.0. The molecule has 3 nitrogen and oxygen atoms in total. The van der Waals surface area contributed by atoms with Crippen molar-refractivity contribution < 1.29 is 4.43 Å². The van der Waals surface area contributed by atoms with Crippen LogP contribution in [0.5, 0.6) is 0 Å². The third-order valence-corrected chi connectivity index (χ3v) is 11.6. The fourth-order valence-electron chi connectivity index (χ4n) is 3.98. The van der Waals surface area contributed by atoms with Gasteiger partial charge in [0, 0.05) is 24.5 Å². The number of hydrogen-bond acceptors (Lipinski definition) is 3. The van der Waals surface area contributed by atoms with Gasteiger partial charge in [-0.25, -0.2) is 0 Å². The summed E-state index contributed by atoms with van der Waals surface area (Å²) in [6, 6.07) is 25.5. The Balaban J connectivity index is 1.95. The van der Waals surface area contributed by atoms with Crippen molar-refractivity contribution in [3.05, 3.63) is 121 Å². The van der Waals surface area contributed by atoms with Crippen LogP contribution in [-0.4, -0.2) is 19.3 Å². The molecule has 0 amide bonds. The van der Waals surface area contributed by atoms with Crippen LogP contribution in [0.15, 0.2) is 104 Å². The first-order chi connectivity index (χ1) is 17.2. The van der Waals surface area contributed by atoms with E-state index in [1.165, 1.54) is 11.1 Å². The van der Waals surface area contributed by atoms with Crippen LogP contribution in [0.2, 0.25) is 18.1 Å². The molecule has 0 unspecified atom stereocenters. The summed E-state index contributed by atoms with van der Waals surface area (Å²) in [5.74, 6) is 0. The van der Waals surface area contributed by atoms with Crippen LogP contribution in [0.4, 0.5) is 0 Å². The van der Waals surface area contributed by atoms with E-state index in [0.717, 1.165) is 18.4 Å². The fourth-order valence-corrected chi connectivity index (χ4v) is 5.28. The molecule has 0 bridgehead atoms. The Morgan fingerprint density at radius 1 is 0.944 bits per heavy atom. The van der Waals surface area contributed by atoms with Crippen LogP contribution < -0.4 is 5.32 Å². The van der Waals surface area contributed by atoms with Crippen LogP contribution in [0.25, 0.3) is 6.08 Å². The maximum Gasteiger partial charge on any atom is 0.192 e. The second-order valence-electron chi connectivity index (χ2n) is 10.9. The molecule has 3 rings (SSSR count). The third-order valence-electron chi connectivity index (χ3n) is 7.11. The highest BCUT2D eigenvalue weighted by molar-refractivity contribution is 6.74. The Morgan fingerprint density at radius 3 is 2.17 bits per heavy atom. The van der Waals surface area contributed by atoms with Gasteiger partial charge in [0.1, 0.15) is 0 Å². The van der Waals surface area contributed by atoms with E-state index in [1.807, 2.05) is 30.6 Å². The maximum atomic E-state index is 7.05. The molecule has 0 aliphatic heterocycles. The molecule has 0 fully saturated rings. The van der Waals surface area contributed by atoms with Crippen LogP contribution in [0.1, 0.15) is 62.4 Å². The van der Waals surface area contributed by atoms with Gasteiger partial charge in [0.15, 0.2) is 8.32 Å². The third kappa shape index (κ3) is 8.12. The summed E-state index contributed by atoms with van der Waals surface area (Å²) in [5.41, 5.74) is 3.58. The minimum absolute atomic E-state index is 0.0108. The van der Waals surface area contributed by atoms with Crippen molar-refractivity contribution in [1.82, 2.24) is 10.3 Å². The summed E-state index contributed by atoms with van der Waals surface area (Å²) in [6.07, 6.45) is 11.9. The molecule has 0 saturated carbocycles. The van der Waals surface area contributed by atoms with E-state index in [2.05, 4.69) is 124 Å². The van der Waals surface area contributed by atoms with E-state index >= 15 is 0 Å². The van der Waals surface area contributed by atoms with Crippen molar-refractivity contribution in [2.24, 2.45) is 0 Å². The monoisotopic (exact) mass is 498 g/mol. The van der Waals surface area contributed by atoms with Crippen LogP contribution >= 0.6 is 0 Å². The van der Waals surface area contributed by atoms with Gasteiger partial charge in [-0.1, -0.05) is 106 Å². The molecule has 1 N–H and O–H groups in total. The van der Waals surface area contributed by atoms with Crippen molar-refractivity contribution in [2.75, 3.05) is 0 Å². The molecule has 0 radical (unpaired) electrons. The molecule has 1 aromatic heterocycles. The molecule has 1 heterocycles. The first-order valence-corrected chi connectivity index (χ1v) is 15.8. The van der Waals surface area contributed by atoms with E-state index in [4.69, 9.17) is 4.43 Å². The van der Waals surface area contributed by atoms with Crippen molar-refractivity contribution in [3.63, 3.8) is 0 Å². The zero-order chi connectivity index (χ0) is 26.0. The molecule has 0 aliphatic carbocycles. The van der Waals surface area contributed by atoms with E-state index in [1.54, 1.807) is 0 Å². The summed E-state index contributed by atoms with van der Waals surface area (Å²) >= 11 is 0. The first-order valence-electron chi connectivity index (χ1n) is 12.9. The highest BCUT2D eigenvalue weighted by atomic mass is 28.4. The smallest absolute Gasteiger partial charge is 0.192 e. The largest absolute Gasteiger partial charge is 0.410 e. The number of nitrogens with zero attached hydrogens (tertiary/aromatic N) is 1. The van der Waals surface area contributed by atoms with Gasteiger partial charge in [-0.15, -0.1) is 6.58 Å². The van der Waals surface area contributed by atoms with Gasteiger partial charge < -0.3 is 9.74 Å². The Morgan fingerprint density at radius 2 is 1.58 bits per heavy atom. The highest BCUT2D eigenvalue weighted by Gasteiger charge is 2.39. The Labute approximate surface area is 219 Å². The van der Waals surface area contributed by atoms with E-state index in [0.29, 0.717) is 0 Å². The molecule has 0 saturated heterocycles. The second-order valence-corrected chi connectivity index (χ2v) is 15.7. The number of pyridine rings is 1. The van der Waals surface area contributed by atoms with Crippen molar-refractivity contribution in [2.45, 2.75) is 69.9 Å². The predicted octanol–water partition coefficient (Wildman–Crippen LogP) is 8.52. The van der Waals surface area contributed by atoms with E-state index < -0.39 is 8.32 Å². The van der Waals surface area contributed by atoms with Gasteiger partial charge >= 0.3 is 0 Å². The average Bonchev–Trinajstić information content (AvgIpc) is 2.87. The lowest BCUT2D eigenvalue weighted by atomic mass is 9.98. The van der Waals surface area contributed by atoms with Crippen LogP contribution in [-0.2, 0) is 4.43 Å². The number of nitrogens with one attached hydrogen (secondary N) is 1. The van der Waals surface area contributed by atoms with E-state index in [9.17, 15) is 0 Å². The molecule has 2 aromatic carbocycles. The van der Waals surface area contributed by atoms with Crippen LogP contribution in [0, 0.1) is 0 Å². The molecule has 3 atom stereocenters.